The van der Waals surface area contributed by atoms with Gasteiger partial charge in [0.25, 0.3) is 5.69 Å². The van der Waals surface area contributed by atoms with Crippen LogP contribution >= 0.6 is 11.3 Å². The van der Waals surface area contributed by atoms with E-state index in [1.54, 1.807) is 17.5 Å². The Bertz CT molecular complexity index is 496. The van der Waals surface area contributed by atoms with Crippen LogP contribution in [0.2, 0.25) is 0 Å². The number of nitrogens with zero attached hydrogens (tertiary/aromatic N) is 1. The molecule has 0 atom stereocenters. The number of hydrogen-bond acceptors (Lipinski definition) is 3. The molecular formula is C10H6FNO2S. The van der Waals surface area contributed by atoms with Crippen LogP contribution in [0.3, 0.4) is 0 Å². The maximum Gasteiger partial charge on any atom is 0.270 e. The molecule has 0 saturated heterocycles. The summed E-state index contributed by atoms with van der Waals surface area (Å²) < 4.78 is 13.4. The first-order valence-electron chi connectivity index (χ1n) is 4.16. The van der Waals surface area contributed by atoms with E-state index in [0.29, 0.717) is 4.88 Å². The third-order valence-corrected chi connectivity index (χ3v) is 2.85. The Labute approximate surface area is 88.9 Å². The predicted octanol–water partition coefficient (Wildman–Crippen LogP) is 3.46. The maximum atomic E-state index is 13.4. The molecule has 1 heterocycles. The van der Waals surface area contributed by atoms with Crippen LogP contribution in [0.5, 0.6) is 0 Å². The Kier molecular flexibility index (Phi) is 2.47. The fourth-order valence-corrected chi connectivity index (χ4v) is 1.99. The number of nitro groups is 1. The van der Waals surface area contributed by atoms with E-state index in [9.17, 15) is 14.5 Å². The number of non-ortho nitro benzene ring substituents is 1. The van der Waals surface area contributed by atoms with Crippen LogP contribution in [0.4, 0.5) is 10.1 Å². The van der Waals surface area contributed by atoms with Gasteiger partial charge in [-0.1, -0.05) is 6.07 Å². The highest BCUT2D eigenvalue weighted by atomic mass is 32.1. The lowest BCUT2D eigenvalue weighted by molar-refractivity contribution is -0.384. The topological polar surface area (TPSA) is 43.1 Å². The minimum atomic E-state index is -0.531. The zero-order valence-corrected chi connectivity index (χ0v) is 8.33. The lowest BCUT2D eigenvalue weighted by Crippen LogP contribution is -1.90. The fraction of sp³-hybridized carbons (Fsp3) is 0. The number of benzene rings is 1. The Morgan fingerprint density at radius 2 is 2.13 bits per heavy atom. The molecule has 0 aliphatic carbocycles. The molecule has 2 aromatic rings. The van der Waals surface area contributed by atoms with Crippen molar-refractivity contribution in [2.75, 3.05) is 0 Å². The van der Waals surface area contributed by atoms with Gasteiger partial charge in [0.2, 0.25) is 0 Å². The van der Waals surface area contributed by atoms with Crippen LogP contribution in [0, 0.1) is 15.9 Å². The van der Waals surface area contributed by atoms with Crippen molar-refractivity contribution in [3.8, 4) is 10.4 Å². The summed E-state index contributed by atoms with van der Waals surface area (Å²) in [5.74, 6) is -0.442. The van der Waals surface area contributed by atoms with Crippen LogP contribution in [0.15, 0.2) is 35.7 Å². The first kappa shape index (κ1) is 9.79. The van der Waals surface area contributed by atoms with Gasteiger partial charge in [0, 0.05) is 22.6 Å². The Morgan fingerprint density at radius 3 is 2.73 bits per heavy atom. The number of halogens is 1. The van der Waals surface area contributed by atoms with Crippen molar-refractivity contribution in [2.45, 2.75) is 0 Å². The average Bonchev–Trinajstić information content (AvgIpc) is 2.71. The molecule has 15 heavy (non-hydrogen) atoms. The van der Waals surface area contributed by atoms with Gasteiger partial charge in [-0.15, -0.1) is 11.3 Å². The number of hydrogen-bond donors (Lipinski definition) is 0. The standard InChI is InChI=1S/C10H6FNO2S/c11-9-4-3-7(12(13)14)6-8(9)10-2-1-5-15-10/h1-6H. The van der Waals surface area contributed by atoms with Gasteiger partial charge in [0.15, 0.2) is 0 Å². The first-order valence-corrected chi connectivity index (χ1v) is 5.04. The average molecular weight is 223 g/mol. The highest BCUT2D eigenvalue weighted by molar-refractivity contribution is 7.13. The second-order valence-corrected chi connectivity index (χ2v) is 3.85. The van der Waals surface area contributed by atoms with Gasteiger partial charge < -0.3 is 0 Å². The normalized spacial score (nSPS) is 10.2. The predicted molar refractivity (Wildman–Crippen MR) is 56.4 cm³/mol. The van der Waals surface area contributed by atoms with E-state index in [-0.39, 0.29) is 11.3 Å². The summed E-state index contributed by atoms with van der Waals surface area (Å²) in [7, 11) is 0. The summed E-state index contributed by atoms with van der Waals surface area (Å²) >= 11 is 1.35. The van der Waals surface area contributed by atoms with Crippen LogP contribution in [-0.4, -0.2) is 4.92 Å². The molecule has 2 rings (SSSR count). The quantitative estimate of drug-likeness (QED) is 0.578. The van der Waals surface area contributed by atoms with Crippen molar-refractivity contribution in [3.05, 3.63) is 51.6 Å². The van der Waals surface area contributed by atoms with Gasteiger partial charge in [-0.2, -0.15) is 0 Å². The Balaban J connectivity index is 2.55. The summed E-state index contributed by atoms with van der Waals surface area (Å²) in [5.41, 5.74) is 0.180. The molecule has 0 aliphatic heterocycles. The third kappa shape index (κ3) is 1.87. The molecule has 0 spiro atoms. The molecule has 0 aliphatic rings. The number of thiophene rings is 1. The summed E-state index contributed by atoms with van der Waals surface area (Å²) in [6, 6.07) is 7.03. The third-order valence-electron chi connectivity index (χ3n) is 1.95. The molecule has 0 bridgehead atoms. The smallest absolute Gasteiger partial charge is 0.258 e. The van der Waals surface area contributed by atoms with Crippen LogP contribution in [0.25, 0.3) is 10.4 Å². The van der Waals surface area contributed by atoms with Gasteiger partial charge in [0.05, 0.1) is 4.92 Å². The second-order valence-electron chi connectivity index (χ2n) is 2.90. The van der Waals surface area contributed by atoms with E-state index < -0.39 is 10.7 Å². The molecule has 76 valence electrons. The molecule has 1 aromatic heterocycles. The summed E-state index contributed by atoms with van der Waals surface area (Å²) in [4.78, 5) is 10.7. The zero-order valence-electron chi connectivity index (χ0n) is 7.51. The molecular weight excluding hydrogens is 217 g/mol. The fourth-order valence-electron chi connectivity index (χ4n) is 1.25. The molecule has 0 saturated carbocycles. The molecule has 0 radical (unpaired) electrons. The van der Waals surface area contributed by atoms with Crippen molar-refractivity contribution in [2.24, 2.45) is 0 Å². The van der Waals surface area contributed by atoms with E-state index in [1.165, 1.54) is 17.4 Å². The van der Waals surface area contributed by atoms with Crippen LogP contribution < -0.4 is 0 Å². The van der Waals surface area contributed by atoms with Gasteiger partial charge in [-0.3, -0.25) is 10.1 Å². The van der Waals surface area contributed by atoms with E-state index >= 15 is 0 Å². The monoisotopic (exact) mass is 223 g/mol. The van der Waals surface area contributed by atoms with E-state index in [4.69, 9.17) is 0 Å². The van der Waals surface area contributed by atoms with Crippen molar-refractivity contribution >= 4 is 17.0 Å². The first-order chi connectivity index (χ1) is 7.18. The minimum Gasteiger partial charge on any atom is -0.258 e. The van der Waals surface area contributed by atoms with Crippen molar-refractivity contribution in [1.82, 2.24) is 0 Å². The SMILES string of the molecule is O=[N+]([O-])c1ccc(F)c(-c2cccs2)c1. The maximum absolute atomic E-state index is 13.4. The second kappa shape index (κ2) is 3.78. The van der Waals surface area contributed by atoms with Crippen LogP contribution in [0.1, 0.15) is 0 Å². The van der Waals surface area contributed by atoms with Gasteiger partial charge in [-0.25, -0.2) is 4.39 Å². The summed E-state index contributed by atoms with van der Waals surface area (Å²) in [5, 5.41) is 12.3. The van der Waals surface area contributed by atoms with E-state index in [2.05, 4.69) is 0 Å². The molecule has 0 N–H and O–H groups in total. The molecule has 5 heteroatoms. The van der Waals surface area contributed by atoms with Gasteiger partial charge in [-0.05, 0) is 17.5 Å². The molecule has 3 nitrogen and oxygen atoms in total. The number of rotatable bonds is 2. The van der Waals surface area contributed by atoms with Crippen molar-refractivity contribution in [1.29, 1.82) is 0 Å². The Hall–Kier alpha value is -1.75. The highest BCUT2D eigenvalue weighted by Gasteiger charge is 2.12. The highest BCUT2D eigenvalue weighted by Crippen LogP contribution is 2.30. The van der Waals surface area contributed by atoms with E-state index in [1.807, 2.05) is 0 Å². The lowest BCUT2D eigenvalue weighted by Gasteiger charge is -1.99. The largest absolute Gasteiger partial charge is 0.270 e. The van der Waals surface area contributed by atoms with Gasteiger partial charge >= 0.3 is 0 Å². The molecule has 0 unspecified atom stereocenters. The molecule has 1 aromatic carbocycles. The lowest BCUT2D eigenvalue weighted by atomic mass is 10.1. The van der Waals surface area contributed by atoms with Gasteiger partial charge in [0.1, 0.15) is 5.82 Å². The zero-order chi connectivity index (χ0) is 10.8. The van der Waals surface area contributed by atoms with E-state index in [0.717, 1.165) is 12.1 Å². The molecule has 0 amide bonds. The Morgan fingerprint density at radius 1 is 1.33 bits per heavy atom. The van der Waals surface area contributed by atoms with Crippen molar-refractivity contribution < 1.29 is 9.31 Å². The van der Waals surface area contributed by atoms with Crippen LogP contribution in [-0.2, 0) is 0 Å². The number of nitro benzene ring substituents is 1. The summed E-state index contributed by atoms with van der Waals surface area (Å²) in [6.07, 6.45) is 0. The van der Waals surface area contributed by atoms with Crippen molar-refractivity contribution in [3.63, 3.8) is 0 Å². The minimum absolute atomic E-state index is 0.0974. The summed E-state index contributed by atoms with van der Waals surface area (Å²) in [6.45, 7) is 0. The molecule has 0 fully saturated rings.